The fourth-order valence-electron chi connectivity index (χ4n) is 4.91. The van der Waals surface area contributed by atoms with Crippen LogP contribution in [0.4, 0.5) is 0 Å². The maximum Gasteiger partial charge on any atom is 0.281 e. The fourth-order valence-corrected chi connectivity index (χ4v) is 9.61. The minimum atomic E-state index is -4.45. The number of benzene rings is 4. The van der Waals surface area contributed by atoms with Gasteiger partial charge in [-0.15, -0.1) is 0 Å². The van der Waals surface area contributed by atoms with E-state index in [9.17, 15) is 43.3 Å². The Labute approximate surface area is 301 Å². The Balaban J connectivity index is 0.000000233. The Kier molecular flexibility index (Phi) is 11.2. The van der Waals surface area contributed by atoms with Crippen LogP contribution in [0.3, 0.4) is 0 Å². The summed E-state index contributed by atoms with van der Waals surface area (Å²) in [6.07, 6.45) is 0. The molecule has 1 heterocycles. The summed E-state index contributed by atoms with van der Waals surface area (Å²) in [6.45, 7) is 6.03. The third kappa shape index (κ3) is 9.11. The second-order valence-corrected chi connectivity index (χ2v) is 18.7. The van der Waals surface area contributed by atoms with E-state index < -0.39 is 71.5 Å². The van der Waals surface area contributed by atoms with E-state index in [1.807, 2.05) is 30.2 Å². The predicted molar refractivity (Wildman–Crippen MR) is 193 cm³/mol. The predicted octanol–water partition coefficient (Wildman–Crippen LogP) is 2.69. The molecule has 5 rings (SSSR count). The number of aryl methyl sites for hydroxylation is 1. The van der Waals surface area contributed by atoms with Crippen LogP contribution in [0, 0.1) is 0 Å². The number of hydrogen-bond donors (Lipinski definition) is 4. The van der Waals surface area contributed by atoms with E-state index in [4.69, 9.17) is 10.3 Å². The monoisotopic (exact) mass is 789 g/mol. The zero-order valence-electron chi connectivity index (χ0n) is 28.1. The lowest BCUT2D eigenvalue weighted by Gasteiger charge is -2.19. The lowest BCUT2D eigenvalue weighted by atomic mass is 9.87. The molecule has 0 aliphatic heterocycles. The van der Waals surface area contributed by atoms with Gasteiger partial charge in [0.2, 0.25) is 20.0 Å². The minimum absolute atomic E-state index is 0.114. The van der Waals surface area contributed by atoms with E-state index >= 15 is 0 Å². The molecule has 276 valence electrons. The zero-order valence-corrected chi connectivity index (χ0v) is 31.4. The molecule has 6 N–H and O–H groups in total. The summed E-state index contributed by atoms with van der Waals surface area (Å²) in [5.41, 5.74) is 1.86. The number of para-hydroxylation sites is 1. The molecule has 4 aromatic carbocycles. The van der Waals surface area contributed by atoms with Crippen molar-refractivity contribution in [3.8, 4) is 0 Å². The van der Waals surface area contributed by atoms with Crippen LogP contribution in [0.25, 0.3) is 10.9 Å². The SMILES string of the molecule is CC(C)(C)c1ccc(C(=O)NS(=O)(=O)c2ccccc2S(N)(=O)=O)cc1.Cn1c(C(=O)NS(=O)(=O)c2ccccc2S(N)(=O)=O)cc2ccccc21. The molecular formula is C33H35N5O10S4. The molecule has 19 heteroatoms. The van der Waals surface area contributed by atoms with Crippen LogP contribution < -0.4 is 19.7 Å². The van der Waals surface area contributed by atoms with Gasteiger partial charge in [-0.25, -0.2) is 53.4 Å². The smallest absolute Gasteiger partial charge is 0.281 e. The van der Waals surface area contributed by atoms with E-state index in [1.165, 1.54) is 36.4 Å². The van der Waals surface area contributed by atoms with Gasteiger partial charge in [-0.05, 0) is 59.5 Å². The highest BCUT2D eigenvalue weighted by molar-refractivity contribution is 7.93. The number of hydrogen-bond acceptors (Lipinski definition) is 10. The molecule has 0 spiro atoms. The van der Waals surface area contributed by atoms with Crippen molar-refractivity contribution in [2.24, 2.45) is 17.3 Å². The number of nitrogens with one attached hydrogen (secondary N) is 2. The summed E-state index contributed by atoms with van der Waals surface area (Å²) >= 11 is 0. The van der Waals surface area contributed by atoms with Crippen molar-refractivity contribution in [3.05, 3.63) is 120 Å². The van der Waals surface area contributed by atoms with Gasteiger partial charge in [-0.1, -0.05) is 75.4 Å². The standard InChI is InChI=1S/C17H20N2O5S2.C16H15N3O5S2/c1-17(2,3)13-10-8-12(9-11-13)16(20)19-26(23,24)15-7-5-4-6-14(15)25(18,21)22;1-19-12-7-3-2-6-11(12)10-13(19)16(20)18-26(23,24)15-9-5-4-8-14(15)25(17,21)22/h4-11H,1-3H3,(H,19,20)(H2,18,21,22);2-10H,1H3,(H,18,20)(H2,17,21,22). The quantitative estimate of drug-likeness (QED) is 0.179. The minimum Gasteiger partial charge on any atom is -0.340 e. The Hall–Kier alpha value is -4.92. The van der Waals surface area contributed by atoms with Crippen molar-refractivity contribution in [3.63, 3.8) is 0 Å². The normalized spacial score (nSPS) is 12.4. The summed E-state index contributed by atoms with van der Waals surface area (Å²) < 4.78 is 102. The van der Waals surface area contributed by atoms with Crippen LogP contribution in [-0.4, -0.2) is 50.1 Å². The van der Waals surface area contributed by atoms with Gasteiger partial charge in [0, 0.05) is 23.5 Å². The Bertz CT molecular complexity index is 2630. The third-order valence-electron chi connectivity index (χ3n) is 7.54. The fraction of sp³-hybridized carbons (Fsp3) is 0.152. The molecule has 0 fully saturated rings. The highest BCUT2D eigenvalue weighted by atomic mass is 32.2. The van der Waals surface area contributed by atoms with Crippen LogP contribution in [-0.2, 0) is 52.6 Å². The molecule has 0 bridgehead atoms. The molecule has 0 saturated carbocycles. The van der Waals surface area contributed by atoms with Gasteiger partial charge in [-0.3, -0.25) is 9.59 Å². The first-order valence-electron chi connectivity index (χ1n) is 15.0. The maximum absolute atomic E-state index is 12.5. The first-order valence-corrected chi connectivity index (χ1v) is 21.0. The number of fused-ring (bicyclic) bond motifs is 1. The van der Waals surface area contributed by atoms with Crippen LogP contribution >= 0.6 is 0 Å². The number of carbonyl (C=O) groups excluding carboxylic acids is 2. The van der Waals surface area contributed by atoms with Gasteiger partial charge in [-0.2, -0.15) is 0 Å². The van der Waals surface area contributed by atoms with Gasteiger partial charge >= 0.3 is 0 Å². The van der Waals surface area contributed by atoms with Crippen molar-refractivity contribution in [2.75, 3.05) is 0 Å². The first-order chi connectivity index (χ1) is 23.9. The van der Waals surface area contributed by atoms with E-state index in [-0.39, 0.29) is 16.7 Å². The van der Waals surface area contributed by atoms with Crippen LogP contribution in [0.2, 0.25) is 0 Å². The van der Waals surface area contributed by atoms with E-state index in [2.05, 4.69) is 0 Å². The van der Waals surface area contributed by atoms with Gasteiger partial charge in [0.15, 0.2) is 0 Å². The molecule has 1 aromatic heterocycles. The molecule has 0 atom stereocenters. The average Bonchev–Trinajstić information content (AvgIpc) is 3.40. The number of nitrogens with two attached hydrogens (primary N) is 2. The van der Waals surface area contributed by atoms with Crippen molar-refractivity contribution < 1.29 is 43.3 Å². The van der Waals surface area contributed by atoms with Crippen LogP contribution in [0.1, 0.15) is 47.2 Å². The number of aromatic nitrogens is 1. The molecule has 0 unspecified atom stereocenters. The molecule has 0 saturated heterocycles. The summed E-state index contributed by atoms with van der Waals surface area (Å²) in [6, 6.07) is 24.8. The van der Waals surface area contributed by atoms with Crippen molar-refractivity contribution in [1.82, 2.24) is 14.0 Å². The second kappa shape index (κ2) is 14.6. The third-order valence-corrected chi connectivity index (χ3v) is 12.5. The summed E-state index contributed by atoms with van der Waals surface area (Å²) in [7, 11) is -15.8. The highest BCUT2D eigenvalue weighted by Gasteiger charge is 2.28. The van der Waals surface area contributed by atoms with Gasteiger partial charge in [0.1, 0.15) is 25.3 Å². The first kappa shape index (κ1) is 39.9. The van der Waals surface area contributed by atoms with E-state index in [0.717, 1.165) is 40.7 Å². The maximum atomic E-state index is 12.5. The highest BCUT2D eigenvalue weighted by Crippen LogP contribution is 2.24. The Morgan fingerprint density at radius 1 is 0.577 bits per heavy atom. The Morgan fingerprint density at radius 2 is 0.981 bits per heavy atom. The average molecular weight is 790 g/mol. The molecule has 0 aliphatic rings. The largest absolute Gasteiger partial charge is 0.340 e. The molecule has 2 amide bonds. The Morgan fingerprint density at radius 3 is 1.40 bits per heavy atom. The summed E-state index contributed by atoms with van der Waals surface area (Å²) in [5, 5.41) is 10.9. The van der Waals surface area contributed by atoms with Gasteiger partial charge < -0.3 is 4.57 Å². The number of primary sulfonamides is 2. The molecule has 15 nitrogen and oxygen atoms in total. The van der Waals surface area contributed by atoms with Gasteiger partial charge in [0.05, 0.1) is 0 Å². The number of sulfonamides is 4. The molecule has 0 radical (unpaired) electrons. The summed E-state index contributed by atoms with van der Waals surface area (Å²) in [5.74, 6) is -1.75. The van der Waals surface area contributed by atoms with E-state index in [0.29, 0.717) is 0 Å². The lowest BCUT2D eigenvalue weighted by Crippen LogP contribution is -2.33. The summed E-state index contributed by atoms with van der Waals surface area (Å²) in [4.78, 5) is 22.4. The topological polar surface area (TPSA) is 252 Å². The molecule has 5 aromatic rings. The van der Waals surface area contributed by atoms with E-state index in [1.54, 1.807) is 54.1 Å². The van der Waals surface area contributed by atoms with Crippen molar-refractivity contribution in [1.29, 1.82) is 0 Å². The zero-order chi connectivity index (χ0) is 38.9. The number of carbonyl (C=O) groups is 2. The number of rotatable bonds is 8. The molecule has 0 aliphatic carbocycles. The number of amides is 2. The lowest BCUT2D eigenvalue weighted by molar-refractivity contribution is 0.0968. The van der Waals surface area contributed by atoms with Gasteiger partial charge in [0.25, 0.3) is 31.9 Å². The van der Waals surface area contributed by atoms with Crippen LogP contribution in [0.15, 0.2) is 123 Å². The van der Waals surface area contributed by atoms with Crippen molar-refractivity contribution >= 4 is 62.8 Å². The molecular weight excluding hydrogens is 755 g/mol. The van der Waals surface area contributed by atoms with Crippen LogP contribution in [0.5, 0.6) is 0 Å². The second-order valence-electron chi connectivity index (χ2n) is 12.3. The number of nitrogens with zero attached hydrogens (tertiary/aromatic N) is 1. The van der Waals surface area contributed by atoms with Crippen molar-refractivity contribution in [2.45, 2.75) is 45.8 Å². The molecule has 52 heavy (non-hydrogen) atoms.